The first kappa shape index (κ1) is 10.6. The summed E-state index contributed by atoms with van der Waals surface area (Å²) in [5.74, 6) is -2.23. The number of ketones is 1. The third kappa shape index (κ3) is 1.65. The summed E-state index contributed by atoms with van der Waals surface area (Å²) in [6.45, 7) is 0. The molecule has 0 amide bonds. The zero-order chi connectivity index (χ0) is 11.7. The predicted octanol–water partition coefficient (Wildman–Crippen LogP) is 1.95. The molecule has 6 heteroatoms. The summed E-state index contributed by atoms with van der Waals surface area (Å²) in [4.78, 5) is 25.8. The molecule has 0 bridgehead atoms. The monoisotopic (exact) mass is 239 g/mol. The number of carboxylic acids is 1. The SMILES string of the molecule is O=C(O)c1nc2c(C(=O)CCl)cccc2o1. The van der Waals surface area contributed by atoms with E-state index < -0.39 is 11.9 Å². The lowest BCUT2D eigenvalue weighted by molar-refractivity contribution is 0.0656. The number of hydrogen-bond donors (Lipinski definition) is 1. The number of carboxylic acid groups (broad SMARTS) is 1. The number of oxazole rings is 1. The molecular weight excluding hydrogens is 234 g/mol. The number of alkyl halides is 1. The first-order valence-corrected chi connectivity index (χ1v) is 4.89. The zero-order valence-electron chi connectivity index (χ0n) is 7.94. The summed E-state index contributed by atoms with van der Waals surface area (Å²) in [6.07, 6.45) is 0. The fraction of sp³-hybridized carbons (Fsp3) is 0.100. The van der Waals surface area contributed by atoms with E-state index in [0.717, 1.165) is 0 Å². The number of benzene rings is 1. The Morgan fingerprint density at radius 3 is 2.81 bits per heavy atom. The molecule has 16 heavy (non-hydrogen) atoms. The lowest BCUT2D eigenvalue weighted by Gasteiger charge is -1.95. The lowest BCUT2D eigenvalue weighted by Crippen LogP contribution is -2.01. The maximum absolute atomic E-state index is 11.4. The van der Waals surface area contributed by atoms with E-state index in [2.05, 4.69) is 4.98 Å². The average Bonchev–Trinajstić information content (AvgIpc) is 2.71. The van der Waals surface area contributed by atoms with E-state index in [-0.39, 0.29) is 28.3 Å². The van der Waals surface area contributed by atoms with Gasteiger partial charge in [0.05, 0.1) is 5.88 Å². The number of hydrogen-bond acceptors (Lipinski definition) is 4. The number of aromatic nitrogens is 1. The molecule has 0 spiro atoms. The second-order valence-corrected chi connectivity index (χ2v) is 3.30. The molecule has 2 aromatic rings. The maximum Gasteiger partial charge on any atom is 0.392 e. The Kier molecular flexibility index (Phi) is 2.62. The molecule has 0 saturated carbocycles. The van der Waals surface area contributed by atoms with Crippen LogP contribution in [0.3, 0.4) is 0 Å². The van der Waals surface area contributed by atoms with Gasteiger partial charge in [0, 0.05) is 5.56 Å². The molecule has 0 atom stereocenters. The van der Waals surface area contributed by atoms with Gasteiger partial charge in [-0.1, -0.05) is 6.07 Å². The minimum atomic E-state index is -1.28. The summed E-state index contributed by atoms with van der Waals surface area (Å²) in [5.41, 5.74) is 0.752. The highest BCUT2D eigenvalue weighted by atomic mass is 35.5. The Morgan fingerprint density at radius 2 is 2.19 bits per heavy atom. The van der Waals surface area contributed by atoms with Crippen molar-refractivity contribution in [1.82, 2.24) is 4.98 Å². The zero-order valence-corrected chi connectivity index (χ0v) is 8.69. The molecule has 0 aliphatic heterocycles. The molecule has 0 radical (unpaired) electrons. The predicted molar refractivity (Wildman–Crippen MR) is 56.0 cm³/mol. The van der Waals surface area contributed by atoms with Gasteiger partial charge in [-0.25, -0.2) is 9.78 Å². The maximum atomic E-state index is 11.4. The summed E-state index contributed by atoms with van der Waals surface area (Å²) in [7, 11) is 0. The van der Waals surface area contributed by atoms with E-state index in [1.807, 2.05) is 0 Å². The van der Waals surface area contributed by atoms with E-state index in [9.17, 15) is 9.59 Å². The van der Waals surface area contributed by atoms with Gasteiger partial charge in [0.15, 0.2) is 11.4 Å². The van der Waals surface area contributed by atoms with Crippen LogP contribution in [0, 0.1) is 0 Å². The molecular formula is C10H6ClNO4. The molecule has 0 unspecified atom stereocenters. The lowest BCUT2D eigenvalue weighted by atomic mass is 10.1. The molecule has 0 fully saturated rings. The molecule has 2 rings (SSSR count). The second kappa shape index (κ2) is 3.94. The standard InChI is InChI=1S/C10H6ClNO4/c11-4-6(13)5-2-1-3-7-8(5)12-9(16-7)10(14)15/h1-3H,4H2,(H,14,15). The number of Topliss-reactive ketones (excluding diaryl/α,β-unsaturated/α-hetero) is 1. The number of aromatic carboxylic acids is 1. The molecule has 0 saturated heterocycles. The van der Waals surface area contributed by atoms with E-state index in [1.54, 1.807) is 12.1 Å². The van der Waals surface area contributed by atoms with E-state index in [4.69, 9.17) is 21.1 Å². The van der Waals surface area contributed by atoms with Crippen molar-refractivity contribution in [2.75, 3.05) is 5.88 Å². The van der Waals surface area contributed by atoms with E-state index >= 15 is 0 Å². The van der Waals surface area contributed by atoms with Gasteiger partial charge in [-0.3, -0.25) is 4.79 Å². The summed E-state index contributed by atoms with van der Waals surface area (Å²) < 4.78 is 4.96. The molecule has 1 heterocycles. The van der Waals surface area contributed by atoms with Crippen molar-refractivity contribution in [3.63, 3.8) is 0 Å². The topological polar surface area (TPSA) is 80.4 Å². The molecule has 1 aromatic carbocycles. The first-order chi connectivity index (χ1) is 7.63. The molecule has 1 N–H and O–H groups in total. The normalized spacial score (nSPS) is 10.6. The van der Waals surface area contributed by atoms with Crippen molar-refractivity contribution in [3.8, 4) is 0 Å². The van der Waals surface area contributed by atoms with Crippen molar-refractivity contribution in [3.05, 3.63) is 29.7 Å². The van der Waals surface area contributed by atoms with Gasteiger partial charge in [0.1, 0.15) is 5.52 Å². The molecule has 1 aromatic heterocycles. The Hall–Kier alpha value is -1.88. The number of carbonyl (C=O) groups excluding carboxylic acids is 1. The third-order valence-electron chi connectivity index (χ3n) is 2.02. The summed E-state index contributed by atoms with van der Waals surface area (Å²) in [6, 6.07) is 4.65. The number of nitrogens with zero attached hydrogens (tertiary/aromatic N) is 1. The van der Waals surface area contributed by atoms with Crippen molar-refractivity contribution in [2.24, 2.45) is 0 Å². The largest absolute Gasteiger partial charge is 0.474 e. The van der Waals surface area contributed by atoms with Crippen LogP contribution in [0.15, 0.2) is 22.6 Å². The van der Waals surface area contributed by atoms with Crippen LogP contribution in [0.2, 0.25) is 0 Å². The van der Waals surface area contributed by atoms with Gasteiger partial charge in [-0.05, 0) is 12.1 Å². The minimum Gasteiger partial charge on any atom is -0.474 e. The Morgan fingerprint density at radius 1 is 1.44 bits per heavy atom. The molecule has 82 valence electrons. The van der Waals surface area contributed by atoms with Gasteiger partial charge >= 0.3 is 11.9 Å². The fourth-order valence-electron chi connectivity index (χ4n) is 1.34. The van der Waals surface area contributed by atoms with Crippen LogP contribution >= 0.6 is 11.6 Å². The number of carbonyl (C=O) groups is 2. The third-order valence-corrected chi connectivity index (χ3v) is 2.27. The number of para-hydroxylation sites is 1. The average molecular weight is 240 g/mol. The highest BCUT2D eigenvalue weighted by Gasteiger charge is 2.17. The first-order valence-electron chi connectivity index (χ1n) is 4.35. The fourth-order valence-corrected chi connectivity index (χ4v) is 1.48. The smallest absolute Gasteiger partial charge is 0.392 e. The van der Waals surface area contributed by atoms with Crippen molar-refractivity contribution in [1.29, 1.82) is 0 Å². The van der Waals surface area contributed by atoms with E-state index in [0.29, 0.717) is 0 Å². The van der Waals surface area contributed by atoms with Crippen LogP contribution in [0.25, 0.3) is 11.1 Å². The van der Waals surface area contributed by atoms with Crippen molar-refractivity contribution < 1.29 is 19.1 Å². The number of halogens is 1. The van der Waals surface area contributed by atoms with Gasteiger partial charge in [-0.15, -0.1) is 11.6 Å². The van der Waals surface area contributed by atoms with Crippen LogP contribution in [0.4, 0.5) is 0 Å². The van der Waals surface area contributed by atoms with Crippen LogP contribution in [0.1, 0.15) is 21.0 Å². The van der Waals surface area contributed by atoms with Crippen molar-refractivity contribution in [2.45, 2.75) is 0 Å². The van der Waals surface area contributed by atoms with Gasteiger partial charge < -0.3 is 9.52 Å². The van der Waals surface area contributed by atoms with Crippen LogP contribution in [0.5, 0.6) is 0 Å². The Bertz CT molecular complexity index is 575. The van der Waals surface area contributed by atoms with Gasteiger partial charge in [-0.2, -0.15) is 0 Å². The van der Waals surface area contributed by atoms with Crippen molar-refractivity contribution >= 4 is 34.5 Å². The van der Waals surface area contributed by atoms with Crippen LogP contribution in [-0.2, 0) is 0 Å². The number of rotatable bonds is 3. The van der Waals surface area contributed by atoms with Crippen LogP contribution < -0.4 is 0 Å². The minimum absolute atomic E-state index is 0.186. The molecule has 0 aliphatic carbocycles. The summed E-state index contributed by atoms with van der Waals surface area (Å²) >= 11 is 5.43. The molecule has 0 aliphatic rings. The highest BCUT2D eigenvalue weighted by Crippen LogP contribution is 2.20. The molecule has 5 nitrogen and oxygen atoms in total. The van der Waals surface area contributed by atoms with E-state index in [1.165, 1.54) is 6.07 Å². The number of fused-ring (bicyclic) bond motifs is 1. The Balaban J connectivity index is 2.67. The van der Waals surface area contributed by atoms with Crippen LogP contribution in [-0.4, -0.2) is 27.7 Å². The summed E-state index contributed by atoms with van der Waals surface area (Å²) in [5, 5.41) is 8.71. The van der Waals surface area contributed by atoms with Gasteiger partial charge in [0.2, 0.25) is 0 Å². The highest BCUT2D eigenvalue weighted by molar-refractivity contribution is 6.31. The quantitative estimate of drug-likeness (QED) is 0.654. The Labute approximate surface area is 94.6 Å². The second-order valence-electron chi connectivity index (χ2n) is 3.03. The van der Waals surface area contributed by atoms with Gasteiger partial charge in [0.25, 0.3) is 0 Å².